The molecule has 402 valence electrons. The molecule has 77 heavy (non-hydrogen) atoms. The fraction of sp³-hybridized carbons (Fsp3) is 0.391. The summed E-state index contributed by atoms with van der Waals surface area (Å²) in [7, 11) is 1.41. The Morgan fingerprint density at radius 1 is 0.506 bits per heavy atom. The van der Waals surface area contributed by atoms with Crippen LogP contribution in [0.1, 0.15) is 146 Å². The van der Waals surface area contributed by atoms with E-state index in [0.29, 0.717) is 52.1 Å². The number of methoxy groups -OCH3 is 1. The molecule has 8 heteroatoms. The summed E-state index contributed by atoms with van der Waals surface area (Å²) in [5, 5.41) is 30.5. The molecule has 0 saturated carbocycles. The summed E-state index contributed by atoms with van der Waals surface area (Å²) < 4.78 is 15.5. The van der Waals surface area contributed by atoms with Crippen LogP contribution in [0.15, 0.2) is 121 Å². The number of aliphatic carboxylic acids is 1. The Morgan fingerprint density at radius 3 is 1.16 bits per heavy atom. The molecule has 0 spiro atoms. The minimum atomic E-state index is -0.962. The van der Waals surface area contributed by atoms with Gasteiger partial charge in [-0.25, -0.2) is 0 Å². The minimum Gasteiger partial charge on any atom is -0.481 e. The van der Waals surface area contributed by atoms with E-state index in [1.54, 1.807) is 0 Å². The number of carbonyl (C=O) groups excluding carboxylic acids is 1. The van der Waals surface area contributed by atoms with E-state index in [1.807, 2.05) is 36.4 Å². The van der Waals surface area contributed by atoms with Gasteiger partial charge in [0, 0.05) is 47.6 Å². The lowest BCUT2D eigenvalue weighted by Gasteiger charge is -2.34. The minimum absolute atomic E-state index is 0.0351. The lowest BCUT2D eigenvalue weighted by atomic mass is 9.69. The first-order chi connectivity index (χ1) is 36.9. The predicted molar refractivity (Wildman–Crippen MR) is 309 cm³/mol. The maximum atomic E-state index is 11.6. The fourth-order valence-corrected chi connectivity index (χ4v) is 11.3. The molecular weight excluding hydrogens is 957 g/mol. The third-order valence-corrected chi connectivity index (χ3v) is 16.5. The molecule has 0 aromatic heterocycles. The molecule has 2 saturated heterocycles. The van der Waals surface area contributed by atoms with Crippen LogP contribution in [0.25, 0.3) is 22.3 Å². The van der Waals surface area contributed by atoms with Gasteiger partial charge < -0.3 is 29.5 Å². The van der Waals surface area contributed by atoms with Gasteiger partial charge in [-0.1, -0.05) is 161 Å². The van der Waals surface area contributed by atoms with Crippen LogP contribution in [0, 0.1) is 51.4 Å². The highest BCUT2D eigenvalue weighted by Gasteiger charge is 2.34. The second-order valence-electron chi connectivity index (χ2n) is 21.2. The third-order valence-electron chi connectivity index (χ3n) is 16.5. The van der Waals surface area contributed by atoms with Gasteiger partial charge in [-0.05, 0) is 143 Å². The summed E-state index contributed by atoms with van der Waals surface area (Å²) >= 11 is 0. The van der Waals surface area contributed by atoms with E-state index in [2.05, 4.69) is 164 Å². The molecule has 3 N–H and O–H groups in total. The van der Waals surface area contributed by atoms with E-state index in [-0.39, 0.29) is 29.6 Å². The normalized spacial score (nSPS) is 14.9. The Balaban J connectivity index is 0.000000224. The Bertz CT molecular complexity index is 3140. The van der Waals surface area contributed by atoms with Gasteiger partial charge in [-0.3, -0.25) is 9.59 Å². The Morgan fingerprint density at radius 2 is 0.844 bits per heavy atom. The monoisotopic (exact) mass is 1030 g/mol. The van der Waals surface area contributed by atoms with Gasteiger partial charge in [0.15, 0.2) is 0 Å². The SMILES string of the molecule is CCC(CC)(c1ccc(C#CC2(O)CCOCC2)c(C)c1)c1ccc(-c2ccc(CC(=O)O)cc2)c(C)c1.CCC(CC)(c1ccc(C#CC2(O)CCOCC2)c(C)c1)c1ccc(-c2ccc(CC(=O)OC)cc2)c(C)c1. The van der Waals surface area contributed by atoms with Crippen molar-refractivity contribution in [1.82, 2.24) is 0 Å². The zero-order valence-corrected chi connectivity index (χ0v) is 46.8. The predicted octanol–water partition coefficient (Wildman–Crippen LogP) is 13.3. The summed E-state index contributed by atoms with van der Waals surface area (Å²) in [6.07, 6.45) is 6.42. The molecule has 8 rings (SSSR count). The molecule has 6 aromatic carbocycles. The summed E-state index contributed by atoms with van der Waals surface area (Å²) in [6.45, 7) is 19.7. The highest BCUT2D eigenvalue weighted by molar-refractivity contribution is 5.74. The zero-order valence-electron chi connectivity index (χ0n) is 46.8. The first kappa shape index (κ1) is 57.9. The van der Waals surface area contributed by atoms with Crippen molar-refractivity contribution in [3.8, 4) is 45.9 Å². The lowest BCUT2D eigenvalue weighted by Crippen LogP contribution is -2.34. The van der Waals surface area contributed by atoms with Crippen molar-refractivity contribution >= 4 is 11.9 Å². The second kappa shape index (κ2) is 25.6. The van der Waals surface area contributed by atoms with Gasteiger partial charge in [0.1, 0.15) is 11.2 Å². The van der Waals surface area contributed by atoms with Gasteiger partial charge in [-0.2, -0.15) is 0 Å². The van der Waals surface area contributed by atoms with Crippen molar-refractivity contribution in [2.45, 2.75) is 142 Å². The van der Waals surface area contributed by atoms with Crippen molar-refractivity contribution in [1.29, 1.82) is 0 Å². The highest BCUT2D eigenvalue weighted by Crippen LogP contribution is 2.43. The number of hydrogen-bond acceptors (Lipinski definition) is 7. The smallest absolute Gasteiger partial charge is 0.309 e. The molecule has 0 unspecified atom stereocenters. The topological polar surface area (TPSA) is 123 Å². The molecule has 0 amide bonds. The molecule has 2 heterocycles. The number of rotatable bonds is 14. The zero-order chi connectivity index (χ0) is 55.4. The number of carboxylic acids is 1. The summed E-state index contributed by atoms with van der Waals surface area (Å²) in [4.78, 5) is 22.6. The van der Waals surface area contributed by atoms with E-state index in [9.17, 15) is 19.8 Å². The van der Waals surface area contributed by atoms with Crippen LogP contribution in [0.2, 0.25) is 0 Å². The van der Waals surface area contributed by atoms with Gasteiger partial charge in [-0.15, -0.1) is 0 Å². The van der Waals surface area contributed by atoms with Gasteiger partial charge in [0.25, 0.3) is 0 Å². The van der Waals surface area contributed by atoms with Crippen LogP contribution in [-0.4, -0.2) is 72.0 Å². The van der Waals surface area contributed by atoms with Gasteiger partial charge >= 0.3 is 11.9 Å². The van der Waals surface area contributed by atoms with E-state index in [0.717, 1.165) is 75.8 Å². The molecule has 8 nitrogen and oxygen atoms in total. The number of aliphatic hydroxyl groups is 2. The maximum Gasteiger partial charge on any atom is 0.309 e. The summed E-state index contributed by atoms with van der Waals surface area (Å²) in [6, 6.07) is 42.6. The summed E-state index contributed by atoms with van der Waals surface area (Å²) in [5.41, 5.74) is 15.9. The number of esters is 1. The van der Waals surface area contributed by atoms with Crippen molar-refractivity contribution in [3.63, 3.8) is 0 Å². The van der Waals surface area contributed by atoms with Crippen LogP contribution in [0.3, 0.4) is 0 Å². The molecular formula is C69H78O8. The molecule has 2 aliphatic heterocycles. The largest absolute Gasteiger partial charge is 0.481 e. The number of aryl methyl sites for hydroxylation is 4. The Hall–Kier alpha value is -6.78. The number of benzene rings is 6. The number of ether oxygens (including phenoxy) is 3. The quantitative estimate of drug-likeness (QED) is 0.0728. The second-order valence-corrected chi connectivity index (χ2v) is 21.2. The van der Waals surface area contributed by atoms with Crippen molar-refractivity contribution in [3.05, 3.63) is 188 Å². The first-order valence-electron chi connectivity index (χ1n) is 27.5. The lowest BCUT2D eigenvalue weighted by molar-refractivity contribution is -0.140. The van der Waals surface area contributed by atoms with Crippen molar-refractivity contribution in [2.75, 3.05) is 33.5 Å². The van der Waals surface area contributed by atoms with Gasteiger partial charge in [0.2, 0.25) is 0 Å². The van der Waals surface area contributed by atoms with Crippen LogP contribution in [-0.2, 0) is 47.5 Å². The molecule has 2 aliphatic rings. The van der Waals surface area contributed by atoms with E-state index < -0.39 is 17.2 Å². The maximum absolute atomic E-state index is 11.6. The van der Waals surface area contributed by atoms with E-state index >= 15 is 0 Å². The van der Waals surface area contributed by atoms with Crippen LogP contribution in [0.5, 0.6) is 0 Å². The number of carbonyl (C=O) groups is 2. The fourth-order valence-electron chi connectivity index (χ4n) is 11.3. The number of hydrogen-bond donors (Lipinski definition) is 3. The van der Waals surface area contributed by atoms with E-state index in [4.69, 9.17) is 19.3 Å². The van der Waals surface area contributed by atoms with Crippen LogP contribution >= 0.6 is 0 Å². The Kier molecular flexibility index (Phi) is 19.2. The molecule has 0 radical (unpaired) electrons. The van der Waals surface area contributed by atoms with Crippen molar-refractivity contribution < 1.29 is 39.1 Å². The Labute approximate surface area is 458 Å². The molecule has 0 atom stereocenters. The highest BCUT2D eigenvalue weighted by atomic mass is 16.5. The molecule has 2 fully saturated rings. The average Bonchev–Trinajstić information content (AvgIpc) is 3.43. The standard InChI is InChI=1S/C35H40O4.C34H38O4/c1-6-35(7-2,30-13-12-28(25(3)22-30)16-17-34(37)18-20-39-21-19-34)31-14-15-32(26(4)23-31)29-10-8-27(9-11-29)24-33(36)38-5;1-5-34(6-2,29-12-11-27(24(3)21-29)15-16-33(37)17-19-38-20-18-33)30-13-14-31(25(4)22-30)28-9-7-26(8-10-28)23-32(35)36/h8-15,22-23,37H,6-7,18-21,24H2,1-5H3;7-14,21-22,37H,5-6,17-20,23H2,1-4H3,(H,35,36). The molecule has 6 aromatic rings. The van der Waals surface area contributed by atoms with Gasteiger partial charge in [0.05, 0.1) is 46.4 Å². The molecule has 0 aliphatic carbocycles. The number of carboxylic acid groups (broad SMARTS) is 1. The third kappa shape index (κ3) is 13.7. The van der Waals surface area contributed by atoms with Crippen LogP contribution in [0.4, 0.5) is 0 Å². The summed E-state index contributed by atoms with van der Waals surface area (Å²) in [5.74, 6) is 11.7. The van der Waals surface area contributed by atoms with Crippen molar-refractivity contribution in [2.24, 2.45) is 0 Å². The van der Waals surface area contributed by atoms with E-state index in [1.165, 1.54) is 46.1 Å². The molecule has 0 bridgehead atoms. The average molecular weight is 1040 g/mol. The first-order valence-corrected chi connectivity index (χ1v) is 27.5. The van der Waals surface area contributed by atoms with Crippen LogP contribution < -0.4 is 0 Å².